The zero-order chi connectivity index (χ0) is 17.4. The van der Waals surface area contributed by atoms with Gasteiger partial charge in [-0.1, -0.05) is 12.1 Å². The Hall–Kier alpha value is -0.960. The van der Waals surface area contributed by atoms with Crippen molar-refractivity contribution in [2.45, 2.75) is 41.5 Å². The van der Waals surface area contributed by atoms with Gasteiger partial charge in [0.2, 0.25) is 10.0 Å². The fourth-order valence-corrected chi connectivity index (χ4v) is 6.14. The first-order valence-corrected chi connectivity index (χ1v) is 11.6. The fraction of sp³-hybridized carbons (Fsp3) is 0.625. The first kappa shape index (κ1) is 17.8. The first-order chi connectivity index (χ1) is 11.3. The molecular formula is C16H24N2O4S2. The molecule has 1 N–H and O–H groups in total. The van der Waals surface area contributed by atoms with Gasteiger partial charge in [-0.2, -0.15) is 4.31 Å². The van der Waals surface area contributed by atoms with Gasteiger partial charge in [-0.15, -0.1) is 0 Å². The molecule has 8 heteroatoms. The standard InChI is InChI=1S/C16H24N2O4S2/c1-23(19,20)15-4-2-3-5-16(15)24(21,22)18-10-8-14(9-11-18)17-12-13-6-7-13/h2-5,13-14,17H,6-12H2,1H3. The molecule has 0 bridgehead atoms. The monoisotopic (exact) mass is 372 g/mol. The van der Waals surface area contributed by atoms with Crippen LogP contribution in [-0.4, -0.2) is 53.1 Å². The number of nitrogens with zero attached hydrogens (tertiary/aromatic N) is 1. The van der Waals surface area contributed by atoms with E-state index in [-0.39, 0.29) is 9.79 Å². The zero-order valence-corrected chi connectivity index (χ0v) is 15.4. The number of sulfone groups is 1. The van der Waals surface area contributed by atoms with Crippen molar-refractivity contribution in [2.75, 3.05) is 25.9 Å². The van der Waals surface area contributed by atoms with E-state index in [0.717, 1.165) is 31.6 Å². The van der Waals surface area contributed by atoms with Gasteiger partial charge in [0.25, 0.3) is 0 Å². The molecule has 0 unspecified atom stereocenters. The maximum absolute atomic E-state index is 12.9. The summed E-state index contributed by atoms with van der Waals surface area (Å²) >= 11 is 0. The topological polar surface area (TPSA) is 83.5 Å². The van der Waals surface area contributed by atoms with Crippen molar-refractivity contribution in [1.82, 2.24) is 9.62 Å². The molecule has 0 radical (unpaired) electrons. The first-order valence-electron chi connectivity index (χ1n) is 8.31. The van der Waals surface area contributed by atoms with E-state index >= 15 is 0 Å². The molecule has 2 fully saturated rings. The molecule has 0 atom stereocenters. The van der Waals surface area contributed by atoms with Crippen LogP contribution in [0.2, 0.25) is 0 Å². The molecule has 0 spiro atoms. The van der Waals surface area contributed by atoms with E-state index in [1.807, 2.05) is 0 Å². The number of nitrogens with one attached hydrogen (secondary N) is 1. The second kappa shape index (κ2) is 6.74. The summed E-state index contributed by atoms with van der Waals surface area (Å²) in [5.41, 5.74) is 0. The van der Waals surface area contributed by atoms with Crippen molar-refractivity contribution >= 4 is 19.9 Å². The normalized spacial score (nSPS) is 21.0. The summed E-state index contributed by atoms with van der Waals surface area (Å²) in [4.78, 5) is -0.240. The van der Waals surface area contributed by atoms with Crippen LogP contribution in [0.5, 0.6) is 0 Å². The Morgan fingerprint density at radius 1 is 1.00 bits per heavy atom. The zero-order valence-electron chi connectivity index (χ0n) is 13.8. The van der Waals surface area contributed by atoms with Crippen LogP contribution in [0.4, 0.5) is 0 Å². The number of hydrogen-bond acceptors (Lipinski definition) is 5. The highest BCUT2D eigenvalue weighted by Crippen LogP contribution is 2.29. The molecule has 6 nitrogen and oxygen atoms in total. The lowest BCUT2D eigenvalue weighted by atomic mass is 10.1. The van der Waals surface area contributed by atoms with Crippen molar-refractivity contribution in [3.05, 3.63) is 24.3 Å². The minimum Gasteiger partial charge on any atom is -0.314 e. The van der Waals surface area contributed by atoms with E-state index in [1.54, 1.807) is 12.1 Å². The van der Waals surface area contributed by atoms with Crippen LogP contribution in [0.3, 0.4) is 0 Å². The van der Waals surface area contributed by atoms with Crippen molar-refractivity contribution < 1.29 is 16.8 Å². The maximum atomic E-state index is 12.9. The van der Waals surface area contributed by atoms with Crippen LogP contribution in [0.25, 0.3) is 0 Å². The van der Waals surface area contributed by atoms with Crippen LogP contribution in [0.15, 0.2) is 34.1 Å². The highest BCUT2D eigenvalue weighted by atomic mass is 32.2. The molecule has 0 amide bonds. The molecule has 1 heterocycles. The van der Waals surface area contributed by atoms with Crippen LogP contribution < -0.4 is 5.32 Å². The molecule has 1 saturated heterocycles. The molecular weight excluding hydrogens is 348 g/mol. The summed E-state index contributed by atoms with van der Waals surface area (Å²) in [5, 5.41) is 3.51. The van der Waals surface area contributed by atoms with Gasteiger partial charge in [-0.25, -0.2) is 16.8 Å². The van der Waals surface area contributed by atoms with E-state index in [1.165, 1.54) is 29.3 Å². The lowest BCUT2D eigenvalue weighted by Crippen LogP contribution is -2.45. The summed E-state index contributed by atoms with van der Waals surface area (Å²) in [5.74, 6) is 0.799. The largest absolute Gasteiger partial charge is 0.314 e. The summed E-state index contributed by atoms with van der Waals surface area (Å²) in [6, 6.07) is 6.19. The van der Waals surface area contributed by atoms with E-state index in [4.69, 9.17) is 0 Å². The highest BCUT2D eigenvalue weighted by molar-refractivity contribution is 7.93. The van der Waals surface area contributed by atoms with Gasteiger partial charge < -0.3 is 5.32 Å². The van der Waals surface area contributed by atoms with Gasteiger partial charge in [0.05, 0.1) is 4.90 Å². The smallest absolute Gasteiger partial charge is 0.244 e. The average Bonchev–Trinajstić information content (AvgIpc) is 3.37. The molecule has 1 aromatic rings. The third-order valence-corrected chi connectivity index (χ3v) is 7.95. The van der Waals surface area contributed by atoms with Gasteiger partial charge in [0, 0.05) is 25.4 Å². The highest BCUT2D eigenvalue weighted by Gasteiger charge is 2.33. The summed E-state index contributed by atoms with van der Waals surface area (Å²) in [7, 11) is -7.39. The van der Waals surface area contributed by atoms with Gasteiger partial charge >= 0.3 is 0 Å². The SMILES string of the molecule is CS(=O)(=O)c1ccccc1S(=O)(=O)N1CCC(NCC2CC2)CC1. The third-order valence-electron chi connectivity index (χ3n) is 4.71. The Labute approximate surface area is 144 Å². The van der Waals surface area contributed by atoms with Crippen molar-refractivity contribution in [1.29, 1.82) is 0 Å². The molecule has 2 aliphatic rings. The molecule has 1 aliphatic heterocycles. The Bertz CT molecular complexity index is 793. The molecule has 0 aromatic heterocycles. The second-order valence-corrected chi connectivity index (χ2v) is 10.6. The molecule has 134 valence electrons. The van der Waals surface area contributed by atoms with Crippen molar-refractivity contribution in [3.8, 4) is 0 Å². The lowest BCUT2D eigenvalue weighted by Gasteiger charge is -2.32. The predicted molar refractivity (Wildman–Crippen MR) is 92.1 cm³/mol. The van der Waals surface area contributed by atoms with Crippen molar-refractivity contribution in [3.63, 3.8) is 0 Å². The third kappa shape index (κ3) is 3.99. The summed E-state index contributed by atoms with van der Waals surface area (Å²) < 4.78 is 51.0. The molecule has 1 aliphatic carbocycles. The molecule has 1 aromatic carbocycles. The Morgan fingerprint density at radius 2 is 1.58 bits per heavy atom. The Kier molecular flexibility index (Phi) is 5.01. The second-order valence-electron chi connectivity index (χ2n) is 6.75. The van der Waals surface area contributed by atoms with Gasteiger partial charge in [-0.05, 0) is 50.3 Å². The fourth-order valence-electron chi connectivity index (χ4n) is 3.06. The quantitative estimate of drug-likeness (QED) is 0.812. The predicted octanol–water partition coefficient (Wildman–Crippen LogP) is 1.24. The molecule has 24 heavy (non-hydrogen) atoms. The minimum absolute atomic E-state index is 0.114. The van der Waals surface area contributed by atoms with E-state index in [0.29, 0.717) is 19.1 Å². The summed E-state index contributed by atoms with van der Waals surface area (Å²) in [6.45, 7) is 1.86. The van der Waals surface area contributed by atoms with E-state index in [9.17, 15) is 16.8 Å². The number of rotatable bonds is 6. The minimum atomic E-state index is -3.79. The van der Waals surface area contributed by atoms with Gasteiger partial charge in [0.15, 0.2) is 9.84 Å². The maximum Gasteiger partial charge on any atom is 0.244 e. The van der Waals surface area contributed by atoms with E-state index < -0.39 is 19.9 Å². The number of hydrogen-bond donors (Lipinski definition) is 1. The van der Waals surface area contributed by atoms with Crippen LogP contribution in [0, 0.1) is 5.92 Å². The summed E-state index contributed by atoms with van der Waals surface area (Å²) in [6.07, 6.45) is 5.14. The van der Waals surface area contributed by atoms with E-state index in [2.05, 4.69) is 5.32 Å². The number of piperidine rings is 1. The van der Waals surface area contributed by atoms with Crippen molar-refractivity contribution in [2.24, 2.45) is 5.92 Å². The Morgan fingerprint density at radius 3 is 2.12 bits per heavy atom. The van der Waals surface area contributed by atoms with Crippen LogP contribution in [0.1, 0.15) is 25.7 Å². The lowest BCUT2D eigenvalue weighted by molar-refractivity contribution is 0.287. The number of benzene rings is 1. The number of sulfonamides is 1. The van der Waals surface area contributed by atoms with Crippen LogP contribution >= 0.6 is 0 Å². The van der Waals surface area contributed by atoms with Crippen LogP contribution in [-0.2, 0) is 19.9 Å². The Balaban J connectivity index is 1.73. The molecule has 1 saturated carbocycles. The molecule has 3 rings (SSSR count). The van der Waals surface area contributed by atoms with Gasteiger partial charge in [0.1, 0.15) is 4.90 Å². The average molecular weight is 373 g/mol. The van der Waals surface area contributed by atoms with Gasteiger partial charge in [-0.3, -0.25) is 0 Å².